The molecule has 1 aliphatic heterocycles. The Balaban J connectivity index is 2.08. The average Bonchev–Trinajstić information content (AvgIpc) is 2.39. The monoisotopic (exact) mass is 228 g/mol. The smallest absolute Gasteiger partial charge is 0.190 e. The molecule has 17 heavy (non-hydrogen) atoms. The molecule has 1 aromatic carbocycles. The van der Waals surface area contributed by atoms with E-state index in [1.165, 1.54) is 18.4 Å². The first-order valence-electron chi connectivity index (χ1n) is 6.43. The quantitative estimate of drug-likeness (QED) is 0.698. The molecule has 1 fully saturated rings. The van der Waals surface area contributed by atoms with Crippen LogP contribution in [0.3, 0.4) is 0 Å². The van der Waals surface area contributed by atoms with Gasteiger partial charge in [-0.25, -0.2) is 4.85 Å². The summed E-state index contributed by atoms with van der Waals surface area (Å²) in [5.41, 5.74) is 2.10. The van der Waals surface area contributed by atoms with E-state index >= 15 is 0 Å². The summed E-state index contributed by atoms with van der Waals surface area (Å²) in [6.07, 6.45) is 2.37. The lowest BCUT2D eigenvalue weighted by atomic mass is 9.88. The van der Waals surface area contributed by atoms with Gasteiger partial charge in [0.1, 0.15) is 0 Å². The van der Waals surface area contributed by atoms with Crippen molar-refractivity contribution >= 4 is 5.69 Å². The van der Waals surface area contributed by atoms with Gasteiger partial charge in [-0.1, -0.05) is 24.3 Å². The number of piperidine rings is 1. The summed E-state index contributed by atoms with van der Waals surface area (Å²) in [5, 5.41) is 0. The Morgan fingerprint density at radius 3 is 2.47 bits per heavy atom. The highest BCUT2D eigenvalue weighted by molar-refractivity contribution is 5.53. The average molecular weight is 228 g/mol. The van der Waals surface area contributed by atoms with Gasteiger partial charge in [0, 0.05) is 6.04 Å². The van der Waals surface area contributed by atoms with Gasteiger partial charge in [0.2, 0.25) is 0 Å². The number of hydrogen-bond acceptors (Lipinski definition) is 1. The zero-order valence-electron chi connectivity index (χ0n) is 10.7. The van der Waals surface area contributed by atoms with E-state index < -0.39 is 0 Å². The Morgan fingerprint density at radius 2 is 1.88 bits per heavy atom. The minimum absolute atomic E-state index is 0.579. The molecule has 0 radical (unpaired) electrons. The number of likely N-dealkylation sites (tertiary alicyclic amines) is 1. The topological polar surface area (TPSA) is 7.60 Å². The minimum atomic E-state index is 0.579. The Labute approximate surface area is 104 Å². The highest BCUT2D eigenvalue weighted by atomic mass is 15.1. The molecule has 0 N–H and O–H groups in total. The molecule has 1 aliphatic rings. The molecule has 0 saturated carbocycles. The van der Waals surface area contributed by atoms with E-state index in [4.69, 9.17) is 6.57 Å². The van der Waals surface area contributed by atoms with Gasteiger partial charge in [0.15, 0.2) is 5.69 Å². The molecule has 2 nitrogen and oxygen atoms in total. The summed E-state index contributed by atoms with van der Waals surface area (Å²) < 4.78 is 0. The summed E-state index contributed by atoms with van der Waals surface area (Å²) >= 11 is 0. The van der Waals surface area contributed by atoms with Gasteiger partial charge in [0.25, 0.3) is 0 Å². The van der Waals surface area contributed by atoms with Crippen molar-refractivity contribution in [3.05, 3.63) is 41.2 Å². The maximum Gasteiger partial charge on any atom is 0.190 e. The Hall–Kier alpha value is -1.33. The van der Waals surface area contributed by atoms with Crippen LogP contribution in [0, 0.1) is 6.57 Å². The van der Waals surface area contributed by atoms with Crippen molar-refractivity contribution in [3.8, 4) is 0 Å². The fourth-order valence-corrected chi connectivity index (χ4v) is 2.66. The molecule has 1 heterocycles. The third kappa shape index (κ3) is 2.68. The van der Waals surface area contributed by atoms with E-state index in [1.54, 1.807) is 0 Å². The molecule has 0 bridgehead atoms. The summed E-state index contributed by atoms with van der Waals surface area (Å²) in [6, 6.07) is 8.73. The van der Waals surface area contributed by atoms with E-state index in [1.807, 2.05) is 12.1 Å². The molecule has 0 atom stereocenters. The summed E-state index contributed by atoms with van der Waals surface area (Å²) in [7, 11) is 0. The lowest BCUT2D eigenvalue weighted by Crippen LogP contribution is -2.37. The first kappa shape index (κ1) is 12.1. The van der Waals surface area contributed by atoms with Crippen LogP contribution in [0.1, 0.15) is 38.2 Å². The lowest BCUT2D eigenvalue weighted by molar-refractivity contribution is 0.172. The molecular formula is C15H20N2. The van der Waals surface area contributed by atoms with Crippen molar-refractivity contribution in [1.29, 1.82) is 0 Å². The first-order valence-corrected chi connectivity index (χ1v) is 6.43. The van der Waals surface area contributed by atoms with Gasteiger partial charge < -0.3 is 4.90 Å². The van der Waals surface area contributed by atoms with Crippen LogP contribution >= 0.6 is 0 Å². The van der Waals surface area contributed by atoms with Gasteiger partial charge in [-0.15, -0.1) is 0 Å². The zero-order chi connectivity index (χ0) is 12.3. The second kappa shape index (κ2) is 5.33. The van der Waals surface area contributed by atoms with Crippen LogP contribution in [0.25, 0.3) is 4.85 Å². The van der Waals surface area contributed by atoms with Crippen LogP contribution < -0.4 is 0 Å². The molecule has 0 aliphatic carbocycles. The van der Waals surface area contributed by atoms with Crippen LogP contribution in [0.5, 0.6) is 0 Å². The maximum atomic E-state index is 7.23. The highest BCUT2D eigenvalue weighted by Crippen LogP contribution is 2.34. The molecular weight excluding hydrogens is 208 g/mol. The van der Waals surface area contributed by atoms with E-state index in [9.17, 15) is 0 Å². The number of hydrogen-bond donors (Lipinski definition) is 0. The Morgan fingerprint density at radius 1 is 1.24 bits per heavy atom. The van der Waals surface area contributed by atoms with Crippen molar-refractivity contribution in [1.82, 2.24) is 4.90 Å². The molecule has 2 rings (SSSR count). The van der Waals surface area contributed by atoms with Crippen LogP contribution in [0.2, 0.25) is 0 Å². The van der Waals surface area contributed by atoms with E-state index in [2.05, 4.69) is 35.7 Å². The Kier molecular flexibility index (Phi) is 3.81. The predicted octanol–water partition coefficient (Wildman–Crippen LogP) is 3.83. The fraction of sp³-hybridized carbons (Fsp3) is 0.533. The summed E-state index contributed by atoms with van der Waals surface area (Å²) in [6.45, 7) is 14.1. The van der Waals surface area contributed by atoms with Crippen molar-refractivity contribution in [2.24, 2.45) is 0 Å². The first-order chi connectivity index (χ1) is 8.22. The summed E-state index contributed by atoms with van der Waals surface area (Å²) in [4.78, 5) is 6.16. The number of benzene rings is 1. The van der Waals surface area contributed by atoms with Gasteiger partial charge >= 0.3 is 0 Å². The largest absolute Gasteiger partial charge is 0.301 e. The van der Waals surface area contributed by atoms with Gasteiger partial charge in [-0.3, -0.25) is 0 Å². The van der Waals surface area contributed by atoms with Crippen molar-refractivity contribution < 1.29 is 0 Å². The van der Waals surface area contributed by atoms with Gasteiger partial charge in [-0.2, -0.15) is 0 Å². The lowest BCUT2D eigenvalue weighted by Gasteiger charge is -2.35. The van der Waals surface area contributed by atoms with Crippen LogP contribution in [0.4, 0.5) is 5.69 Å². The van der Waals surface area contributed by atoms with Gasteiger partial charge in [0.05, 0.1) is 6.57 Å². The van der Waals surface area contributed by atoms with E-state index in [0.29, 0.717) is 12.0 Å². The molecule has 1 aromatic rings. The molecule has 90 valence electrons. The zero-order valence-corrected chi connectivity index (χ0v) is 10.7. The van der Waals surface area contributed by atoms with Crippen molar-refractivity contribution in [2.45, 2.75) is 38.6 Å². The maximum absolute atomic E-state index is 7.23. The normalized spacial score (nSPS) is 18.2. The van der Waals surface area contributed by atoms with E-state index in [0.717, 1.165) is 18.8 Å². The molecule has 0 amide bonds. The number of nitrogens with zero attached hydrogens (tertiary/aromatic N) is 2. The van der Waals surface area contributed by atoms with Crippen LogP contribution in [-0.2, 0) is 0 Å². The van der Waals surface area contributed by atoms with Crippen molar-refractivity contribution in [3.63, 3.8) is 0 Å². The molecule has 0 aromatic heterocycles. The fourth-order valence-electron chi connectivity index (χ4n) is 2.66. The van der Waals surface area contributed by atoms with Crippen LogP contribution in [0.15, 0.2) is 24.3 Å². The molecule has 0 unspecified atom stereocenters. The second-order valence-corrected chi connectivity index (χ2v) is 5.07. The second-order valence-electron chi connectivity index (χ2n) is 5.07. The minimum Gasteiger partial charge on any atom is -0.301 e. The van der Waals surface area contributed by atoms with Crippen LogP contribution in [-0.4, -0.2) is 24.0 Å². The van der Waals surface area contributed by atoms with Gasteiger partial charge in [-0.05, 0) is 51.3 Å². The molecule has 2 heteroatoms. The summed E-state index contributed by atoms with van der Waals surface area (Å²) in [5.74, 6) is 0.579. The Bertz CT molecular complexity index is 409. The molecule has 0 spiro atoms. The van der Waals surface area contributed by atoms with E-state index in [-0.39, 0.29) is 0 Å². The third-order valence-corrected chi connectivity index (χ3v) is 3.76. The predicted molar refractivity (Wildman–Crippen MR) is 71.4 cm³/mol. The number of rotatable bonds is 2. The SMILES string of the molecule is [C-]#[N+]c1ccccc1C1CCN(C(C)C)CC1. The standard InChI is InChI=1S/C15H20N2/c1-12(2)17-10-8-13(9-11-17)14-6-4-5-7-15(14)16-3/h4-7,12-13H,8-11H2,1-2H3. The number of para-hydroxylation sites is 1. The van der Waals surface area contributed by atoms with Crippen molar-refractivity contribution in [2.75, 3.05) is 13.1 Å². The highest BCUT2D eigenvalue weighted by Gasteiger charge is 2.23. The molecule has 1 saturated heterocycles. The third-order valence-electron chi connectivity index (χ3n) is 3.76.